The highest BCUT2D eigenvalue weighted by atomic mass is 16.6. The molecule has 3 rings (SSSR count). The van der Waals surface area contributed by atoms with Gasteiger partial charge in [0.1, 0.15) is 30.2 Å². The van der Waals surface area contributed by atoms with Gasteiger partial charge >= 0.3 is 0 Å². The number of hydrogen-bond acceptors (Lipinski definition) is 10. The fourth-order valence-electron chi connectivity index (χ4n) is 4.08. The topological polar surface area (TPSA) is 175 Å². The number of nitrogens with zero attached hydrogens (tertiary/aromatic N) is 5. The van der Waals surface area contributed by atoms with Crippen LogP contribution in [0, 0.1) is 0 Å². The van der Waals surface area contributed by atoms with Gasteiger partial charge in [0.15, 0.2) is 17.7 Å². The molecule has 0 aliphatic carbocycles. The third kappa shape index (κ3) is 4.88. The zero-order valence-corrected chi connectivity index (χ0v) is 17.5. The molecule has 2 aromatic heterocycles. The fraction of sp³-hybridized carbons (Fsp3) is 0.737. The molecule has 0 radical (unpaired) electrons. The molecule has 1 saturated heterocycles. The monoisotopic (exact) mass is 422 g/mol. The summed E-state index contributed by atoms with van der Waals surface area (Å²) in [7, 11) is 2.00. The van der Waals surface area contributed by atoms with Crippen LogP contribution in [0.4, 0.5) is 5.82 Å². The van der Waals surface area contributed by atoms with Gasteiger partial charge in [0.05, 0.1) is 6.33 Å². The lowest BCUT2D eigenvalue weighted by Crippen LogP contribution is -2.43. The summed E-state index contributed by atoms with van der Waals surface area (Å²) in [6, 6.07) is 0.279. The fourth-order valence-corrected chi connectivity index (χ4v) is 4.08. The maximum absolute atomic E-state index is 10.6. The highest BCUT2D eigenvalue weighted by Crippen LogP contribution is 2.32. The van der Waals surface area contributed by atoms with Crippen molar-refractivity contribution in [1.82, 2.24) is 24.4 Å². The highest BCUT2D eigenvalue weighted by Gasteiger charge is 2.45. The number of nitrogens with two attached hydrogens (primary N) is 3. The predicted molar refractivity (Wildman–Crippen MR) is 113 cm³/mol. The molecule has 1 fully saturated rings. The first-order chi connectivity index (χ1) is 14.5. The first-order valence-corrected chi connectivity index (χ1v) is 10.5. The molecule has 5 atom stereocenters. The quantitative estimate of drug-likeness (QED) is 0.288. The summed E-state index contributed by atoms with van der Waals surface area (Å²) in [5.74, 6) is 0.252. The molecule has 0 spiro atoms. The van der Waals surface area contributed by atoms with Crippen molar-refractivity contribution >= 4 is 17.0 Å². The highest BCUT2D eigenvalue weighted by molar-refractivity contribution is 5.81. The molecular formula is C19H34N8O3. The largest absolute Gasteiger partial charge is 0.387 e. The third-order valence-corrected chi connectivity index (χ3v) is 5.83. The summed E-state index contributed by atoms with van der Waals surface area (Å²) >= 11 is 0. The Labute approximate surface area is 176 Å². The normalized spacial score (nSPS) is 25.4. The number of fused-ring (bicyclic) bond motifs is 1. The van der Waals surface area contributed by atoms with Gasteiger partial charge in [0.25, 0.3) is 0 Å². The number of hydrogen-bond donors (Lipinski definition) is 5. The van der Waals surface area contributed by atoms with Crippen LogP contribution in [-0.2, 0) is 4.74 Å². The van der Waals surface area contributed by atoms with Crippen molar-refractivity contribution in [2.24, 2.45) is 11.5 Å². The first-order valence-electron chi connectivity index (χ1n) is 10.5. The van der Waals surface area contributed by atoms with Gasteiger partial charge in [-0.05, 0) is 39.4 Å². The Balaban J connectivity index is 1.67. The molecular weight excluding hydrogens is 388 g/mol. The Kier molecular flexibility index (Phi) is 7.92. The minimum Gasteiger partial charge on any atom is -0.387 e. The van der Waals surface area contributed by atoms with E-state index in [4.69, 9.17) is 21.9 Å². The third-order valence-electron chi connectivity index (χ3n) is 5.83. The SMILES string of the molecule is CN(C[C@H]1O[C@@H](n2cnc3c(N)ncnc32)C(O)C1O)C(CCN)CCCCCN. The van der Waals surface area contributed by atoms with Gasteiger partial charge < -0.3 is 37.1 Å². The molecule has 11 heteroatoms. The van der Waals surface area contributed by atoms with E-state index in [9.17, 15) is 10.2 Å². The maximum atomic E-state index is 10.6. The summed E-state index contributed by atoms with van der Waals surface area (Å²) in [6.45, 7) is 1.77. The first kappa shape index (κ1) is 22.8. The summed E-state index contributed by atoms with van der Waals surface area (Å²) in [6.07, 6.45) is 4.36. The van der Waals surface area contributed by atoms with E-state index in [1.807, 2.05) is 7.05 Å². The lowest BCUT2D eigenvalue weighted by Gasteiger charge is -2.30. The van der Waals surface area contributed by atoms with Crippen molar-refractivity contribution in [3.63, 3.8) is 0 Å². The van der Waals surface area contributed by atoms with Crippen LogP contribution in [0.5, 0.6) is 0 Å². The number of rotatable bonds is 11. The van der Waals surface area contributed by atoms with Gasteiger partial charge in [-0.15, -0.1) is 0 Å². The van der Waals surface area contributed by atoms with Crippen LogP contribution in [0.15, 0.2) is 12.7 Å². The van der Waals surface area contributed by atoms with E-state index >= 15 is 0 Å². The van der Waals surface area contributed by atoms with Crippen molar-refractivity contribution in [3.8, 4) is 0 Å². The van der Waals surface area contributed by atoms with Gasteiger partial charge in [0.2, 0.25) is 0 Å². The maximum Gasteiger partial charge on any atom is 0.167 e. The van der Waals surface area contributed by atoms with E-state index in [0.29, 0.717) is 30.8 Å². The van der Waals surface area contributed by atoms with Crippen LogP contribution in [-0.4, -0.2) is 85.7 Å². The Hall–Kier alpha value is -1.89. The second-order valence-corrected chi connectivity index (χ2v) is 7.94. The Bertz CT molecular complexity index is 803. The number of unbranched alkanes of at least 4 members (excludes halogenated alkanes) is 2. The van der Waals surface area contributed by atoms with Crippen LogP contribution in [0.2, 0.25) is 0 Å². The molecule has 2 aromatic rings. The van der Waals surface area contributed by atoms with Crippen molar-refractivity contribution < 1.29 is 14.9 Å². The van der Waals surface area contributed by atoms with Crippen LogP contribution < -0.4 is 17.2 Å². The van der Waals surface area contributed by atoms with Gasteiger partial charge in [-0.25, -0.2) is 15.0 Å². The number of aromatic nitrogens is 4. The predicted octanol–water partition coefficient (Wildman–Crippen LogP) is -0.804. The van der Waals surface area contributed by atoms with E-state index in [0.717, 1.165) is 32.1 Å². The van der Waals surface area contributed by atoms with Crippen LogP contribution >= 0.6 is 0 Å². The van der Waals surface area contributed by atoms with Gasteiger partial charge in [0, 0.05) is 12.6 Å². The molecule has 1 aliphatic heterocycles. The smallest absolute Gasteiger partial charge is 0.167 e. The number of nitrogen functional groups attached to an aromatic ring is 1. The molecule has 1 aliphatic rings. The number of anilines is 1. The summed E-state index contributed by atoms with van der Waals surface area (Å²) in [5.41, 5.74) is 18.1. The number of ether oxygens (including phenoxy) is 1. The van der Waals surface area contributed by atoms with Gasteiger partial charge in [-0.3, -0.25) is 4.57 Å². The Morgan fingerprint density at radius 1 is 1.10 bits per heavy atom. The minimum atomic E-state index is -1.12. The van der Waals surface area contributed by atoms with Crippen LogP contribution in [0.1, 0.15) is 38.3 Å². The average Bonchev–Trinajstić information content (AvgIpc) is 3.28. The molecule has 8 N–H and O–H groups in total. The standard InChI is InChI=1S/C19H34N8O3/c1-26(12(6-8-21)5-3-2-4-7-20)9-13-15(28)16(29)19(30-13)27-11-25-14-17(22)23-10-24-18(14)27/h10-13,15-16,19,28-29H,2-9,20-21H2,1H3,(H2,22,23,24)/t12?,13-,15?,16?,19-/m1/s1. The molecule has 0 bridgehead atoms. The van der Waals surface area contributed by atoms with Crippen molar-refractivity contribution in [2.45, 2.75) is 62.7 Å². The molecule has 168 valence electrons. The van der Waals surface area contributed by atoms with Crippen LogP contribution in [0.3, 0.4) is 0 Å². The molecule has 3 heterocycles. The number of aliphatic hydroxyl groups excluding tert-OH is 2. The number of likely N-dealkylation sites (N-methyl/N-ethyl adjacent to an activating group) is 1. The lowest BCUT2D eigenvalue weighted by atomic mass is 10.0. The van der Waals surface area contributed by atoms with Gasteiger partial charge in [-0.1, -0.05) is 12.8 Å². The molecule has 3 unspecified atom stereocenters. The molecule has 0 saturated carbocycles. The van der Waals surface area contributed by atoms with E-state index in [-0.39, 0.29) is 11.9 Å². The van der Waals surface area contributed by atoms with E-state index in [1.165, 1.54) is 12.7 Å². The second-order valence-electron chi connectivity index (χ2n) is 7.94. The summed E-state index contributed by atoms with van der Waals surface area (Å²) in [5, 5.41) is 21.3. The molecule has 0 amide bonds. The van der Waals surface area contributed by atoms with Crippen LogP contribution in [0.25, 0.3) is 11.2 Å². The molecule has 0 aromatic carbocycles. The zero-order chi connectivity index (χ0) is 21.7. The number of imidazole rings is 1. The summed E-state index contributed by atoms with van der Waals surface area (Å²) in [4.78, 5) is 14.5. The van der Waals surface area contributed by atoms with Crippen molar-refractivity contribution in [2.75, 3.05) is 32.4 Å². The minimum absolute atomic E-state index is 0.252. The van der Waals surface area contributed by atoms with Gasteiger partial charge in [-0.2, -0.15) is 0 Å². The summed E-state index contributed by atoms with van der Waals surface area (Å²) < 4.78 is 7.64. The van der Waals surface area contributed by atoms with E-state index in [1.54, 1.807) is 4.57 Å². The average molecular weight is 423 g/mol. The van der Waals surface area contributed by atoms with E-state index in [2.05, 4.69) is 19.9 Å². The lowest BCUT2D eigenvalue weighted by molar-refractivity contribution is -0.0458. The Morgan fingerprint density at radius 3 is 2.63 bits per heavy atom. The molecule has 30 heavy (non-hydrogen) atoms. The van der Waals surface area contributed by atoms with Crippen molar-refractivity contribution in [3.05, 3.63) is 12.7 Å². The Morgan fingerprint density at radius 2 is 1.90 bits per heavy atom. The zero-order valence-electron chi connectivity index (χ0n) is 17.5. The number of aliphatic hydroxyl groups is 2. The van der Waals surface area contributed by atoms with E-state index < -0.39 is 24.5 Å². The van der Waals surface area contributed by atoms with Crippen molar-refractivity contribution in [1.29, 1.82) is 0 Å². The second kappa shape index (κ2) is 10.4. The molecule has 11 nitrogen and oxygen atoms in total.